The number of para-hydroxylation sites is 1. The van der Waals surface area contributed by atoms with E-state index in [9.17, 15) is 4.79 Å². The molecule has 0 aliphatic rings. The second-order valence-corrected chi connectivity index (χ2v) is 5.63. The predicted octanol–water partition coefficient (Wildman–Crippen LogP) is 3.38. The van der Waals surface area contributed by atoms with Crippen LogP contribution in [0.1, 0.15) is 11.4 Å². The number of rotatable bonds is 3. The fourth-order valence-electron chi connectivity index (χ4n) is 2.24. The molecule has 0 unspecified atom stereocenters. The van der Waals surface area contributed by atoms with E-state index >= 15 is 0 Å². The number of aromatic nitrogens is 2. The fraction of sp³-hybridized carbons (Fsp3) is 0.125. The zero-order chi connectivity index (χ0) is 14.8. The maximum atomic E-state index is 12.2. The Hall–Kier alpha value is -2.14. The van der Waals surface area contributed by atoms with Gasteiger partial charge in [-0.15, -0.1) is 0 Å². The number of hydrogen-bond donors (Lipinski definition) is 1. The maximum Gasteiger partial charge on any atom is 0.258 e. The molecule has 2 heterocycles. The molecule has 1 N–H and O–H groups in total. The first-order chi connectivity index (χ1) is 10.1. The highest BCUT2D eigenvalue weighted by molar-refractivity contribution is 9.10. The molecular weight excluding hydrogens is 330 g/mol. The minimum absolute atomic E-state index is 0.0537. The summed E-state index contributed by atoms with van der Waals surface area (Å²) < 4.78 is 2.60. The van der Waals surface area contributed by atoms with Gasteiger partial charge >= 0.3 is 0 Å². The van der Waals surface area contributed by atoms with Gasteiger partial charge in [0.15, 0.2) is 0 Å². The van der Waals surface area contributed by atoms with Crippen LogP contribution in [0.25, 0.3) is 5.65 Å². The Labute approximate surface area is 130 Å². The monoisotopic (exact) mass is 343 g/mol. The summed E-state index contributed by atoms with van der Waals surface area (Å²) >= 11 is 3.48. The van der Waals surface area contributed by atoms with Crippen molar-refractivity contribution in [2.75, 3.05) is 5.32 Å². The molecule has 1 aromatic carbocycles. The van der Waals surface area contributed by atoms with Crippen molar-refractivity contribution in [3.8, 4) is 0 Å². The summed E-state index contributed by atoms with van der Waals surface area (Å²) in [4.78, 5) is 16.7. The standard InChI is InChI=1S/C16H14BrN3O/c1-11-5-4-8-15-19-12(9-16(21)20(11)15)10-18-14-7-3-2-6-13(14)17/h2-9,18H,10H2,1H3. The van der Waals surface area contributed by atoms with E-state index in [1.807, 2.05) is 49.4 Å². The van der Waals surface area contributed by atoms with Crippen molar-refractivity contribution in [2.24, 2.45) is 0 Å². The minimum atomic E-state index is -0.0537. The van der Waals surface area contributed by atoms with E-state index in [-0.39, 0.29) is 5.56 Å². The molecule has 3 aromatic rings. The summed E-state index contributed by atoms with van der Waals surface area (Å²) in [5.74, 6) is 0. The third-order valence-corrected chi connectivity index (χ3v) is 3.96. The molecule has 0 saturated heterocycles. The quantitative estimate of drug-likeness (QED) is 0.792. The van der Waals surface area contributed by atoms with Crippen molar-refractivity contribution in [1.29, 1.82) is 0 Å². The number of aryl methyl sites for hydroxylation is 1. The van der Waals surface area contributed by atoms with Gasteiger partial charge in [-0.05, 0) is 47.1 Å². The number of nitrogens with one attached hydrogen (secondary N) is 1. The Morgan fingerprint density at radius 3 is 2.81 bits per heavy atom. The second-order valence-electron chi connectivity index (χ2n) is 4.78. The molecule has 3 rings (SSSR count). The lowest BCUT2D eigenvalue weighted by Gasteiger charge is -2.09. The lowest BCUT2D eigenvalue weighted by molar-refractivity contribution is 0.943. The largest absolute Gasteiger partial charge is 0.378 e. The van der Waals surface area contributed by atoms with Gasteiger partial charge in [0.2, 0.25) is 0 Å². The molecule has 0 saturated carbocycles. The molecule has 4 nitrogen and oxygen atoms in total. The van der Waals surface area contributed by atoms with Crippen molar-refractivity contribution in [3.63, 3.8) is 0 Å². The van der Waals surface area contributed by atoms with Crippen LogP contribution in [0, 0.1) is 6.92 Å². The highest BCUT2D eigenvalue weighted by Crippen LogP contribution is 2.21. The molecular formula is C16H14BrN3O. The molecule has 2 aromatic heterocycles. The average molecular weight is 344 g/mol. The maximum absolute atomic E-state index is 12.2. The van der Waals surface area contributed by atoms with Crippen LogP contribution in [-0.4, -0.2) is 9.38 Å². The number of anilines is 1. The molecule has 0 aliphatic carbocycles. The second kappa shape index (κ2) is 5.69. The Morgan fingerprint density at radius 2 is 2.00 bits per heavy atom. The number of hydrogen-bond acceptors (Lipinski definition) is 3. The SMILES string of the molecule is Cc1cccc2nc(CNc3ccccc3Br)cc(=O)n12. The van der Waals surface area contributed by atoms with E-state index in [2.05, 4.69) is 26.2 Å². The molecule has 0 spiro atoms. The van der Waals surface area contributed by atoms with Crippen molar-refractivity contribution < 1.29 is 0 Å². The molecule has 0 amide bonds. The minimum Gasteiger partial charge on any atom is -0.378 e. The van der Waals surface area contributed by atoms with Crippen LogP contribution in [0.5, 0.6) is 0 Å². The molecule has 106 valence electrons. The van der Waals surface area contributed by atoms with Gasteiger partial charge in [-0.2, -0.15) is 0 Å². The molecule has 0 atom stereocenters. The zero-order valence-electron chi connectivity index (χ0n) is 11.5. The molecule has 5 heteroatoms. The lowest BCUT2D eigenvalue weighted by atomic mass is 10.3. The summed E-state index contributed by atoms with van der Waals surface area (Å²) in [7, 11) is 0. The van der Waals surface area contributed by atoms with Crippen LogP contribution in [0.3, 0.4) is 0 Å². The van der Waals surface area contributed by atoms with Crippen LogP contribution in [-0.2, 0) is 6.54 Å². The van der Waals surface area contributed by atoms with Crippen LogP contribution in [0.15, 0.2) is 57.8 Å². The van der Waals surface area contributed by atoms with E-state index in [1.165, 1.54) is 0 Å². The van der Waals surface area contributed by atoms with Gasteiger partial charge < -0.3 is 5.32 Å². The summed E-state index contributed by atoms with van der Waals surface area (Å²) in [6.07, 6.45) is 0. The van der Waals surface area contributed by atoms with E-state index in [1.54, 1.807) is 10.5 Å². The van der Waals surface area contributed by atoms with Gasteiger partial charge in [-0.1, -0.05) is 18.2 Å². The molecule has 0 radical (unpaired) electrons. The molecule has 0 bridgehead atoms. The normalized spacial score (nSPS) is 10.8. The van der Waals surface area contributed by atoms with E-state index in [0.717, 1.165) is 21.5 Å². The summed E-state index contributed by atoms with van der Waals surface area (Å²) in [5.41, 5.74) is 3.20. The highest BCUT2D eigenvalue weighted by atomic mass is 79.9. The fourth-order valence-corrected chi connectivity index (χ4v) is 2.67. The first-order valence-corrected chi connectivity index (χ1v) is 7.41. The van der Waals surface area contributed by atoms with Crippen molar-refractivity contribution in [3.05, 3.63) is 74.7 Å². The van der Waals surface area contributed by atoms with Gasteiger partial charge in [0.05, 0.1) is 12.2 Å². The van der Waals surface area contributed by atoms with Crippen LogP contribution < -0.4 is 10.9 Å². The summed E-state index contributed by atoms with van der Waals surface area (Å²) in [5, 5.41) is 3.28. The van der Waals surface area contributed by atoms with Crippen molar-refractivity contribution in [1.82, 2.24) is 9.38 Å². The summed E-state index contributed by atoms with van der Waals surface area (Å²) in [6, 6.07) is 15.1. The predicted molar refractivity (Wildman–Crippen MR) is 87.7 cm³/mol. The Bertz CT molecular complexity index is 858. The Balaban J connectivity index is 1.92. The summed E-state index contributed by atoms with van der Waals surface area (Å²) in [6.45, 7) is 2.40. The average Bonchev–Trinajstić information content (AvgIpc) is 2.46. The van der Waals surface area contributed by atoms with Crippen molar-refractivity contribution in [2.45, 2.75) is 13.5 Å². The van der Waals surface area contributed by atoms with Crippen molar-refractivity contribution >= 4 is 27.3 Å². The number of fused-ring (bicyclic) bond motifs is 1. The Kier molecular flexibility index (Phi) is 3.75. The van der Waals surface area contributed by atoms with Gasteiger partial charge in [-0.3, -0.25) is 9.20 Å². The van der Waals surface area contributed by atoms with Gasteiger partial charge in [-0.25, -0.2) is 4.98 Å². The first-order valence-electron chi connectivity index (χ1n) is 6.62. The number of benzene rings is 1. The molecule has 0 aliphatic heterocycles. The lowest BCUT2D eigenvalue weighted by Crippen LogP contribution is -2.18. The molecule has 0 fully saturated rings. The third-order valence-electron chi connectivity index (χ3n) is 3.27. The Morgan fingerprint density at radius 1 is 1.19 bits per heavy atom. The highest BCUT2D eigenvalue weighted by Gasteiger charge is 2.05. The first kappa shape index (κ1) is 13.8. The topological polar surface area (TPSA) is 46.4 Å². The van der Waals surface area contributed by atoms with Gasteiger partial charge in [0.1, 0.15) is 5.65 Å². The third kappa shape index (κ3) is 2.83. The van der Waals surface area contributed by atoms with E-state index in [4.69, 9.17) is 0 Å². The van der Waals surface area contributed by atoms with Gasteiger partial charge in [0, 0.05) is 21.9 Å². The number of nitrogens with zero attached hydrogens (tertiary/aromatic N) is 2. The zero-order valence-corrected chi connectivity index (χ0v) is 13.1. The van der Waals surface area contributed by atoms with Gasteiger partial charge in [0.25, 0.3) is 5.56 Å². The van der Waals surface area contributed by atoms with E-state index in [0.29, 0.717) is 12.2 Å². The number of halogens is 1. The number of pyridine rings is 1. The smallest absolute Gasteiger partial charge is 0.258 e. The molecule has 21 heavy (non-hydrogen) atoms. The van der Waals surface area contributed by atoms with Crippen LogP contribution >= 0.6 is 15.9 Å². The van der Waals surface area contributed by atoms with Crippen LogP contribution in [0.2, 0.25) is 0 Å². The van der Waals surface area contributed by atoms with E-state index < -0.39 is 0 Å². The van der Waals surface area contributed by atoms with Crippen LogP contribution in [0.4, 0.5) is 5.69 Å².